The number of hydrogen-bond acceptors (Lipinski definition) is 0. The van der Waals surface area contributed by atoms with Crippen LogP contribution >= 0.6 is 31.9 Å². The molecule has 0 bridgehead atoms. The number of H-pyrrole nitrogens is 6. The van der Waals surface area contributed by atoms with Gasteiger partial charge in [0.2, 0.25) is 0 Å². The third-order valence-corrected chi connectivity index (χ3v) is 16.3. The number of alkyl halides is 2. The van der Waals surface area contributed by atoms with Crippen molar-refractivity contribution in [3.63, 3.8) is 0 Å². The van der Waals surface area contributed by atoms with Gasteiger partial charge in [-0.2, -0.15) is 5.92 Å². The molecule has 0 spiro atoms. The molecule has 2 fully saturated rings. The summed E-state index contributed by atoms with van der Waals surface area (Å²) in [6.07, 6.45) is 50.2. The number of terminal acetylenes is 1. The maximum Gasteiger partial charge on any atom is 2.00 e. The van der Waals surface area contributed by atoms with Crippen LogP contribution in [-0.2, 0) is 0 Å². The van der Waals surface area contributed by atoms with Crippen molar-refractivity contribution in [1.82, 2.24) is 29.9 Å². The molecule has 6 N–H and O–H groups in total. The Balaban J connectivity index is -0.00000105. The van der Waals surface area contributed by atoms with Crippen LogP contribution in [0.5, 0.6) is 0 Å². The van der Waals surface area contributed by atoms with E-state index in [1.807, 2.05) is 135 Å². The molecule has 2 saturated carbocycles. The molecule has 6 aromatic heterocycles. The third-order valence-electron chi connectivity index (χ3n) is 16.3. The van der Waals surface area contributed by atoms with Crippen LogP contribution in [0.15, 0.2) is 219 Å². The fraction of sp³-hybridized carbons (Fsp3) is 0.402. The van der Waals surface area contributed by atoms with Gasteiger partial charge in [-0.05, 0) is 156 Å². The number of nitrogens with one attached hydrogen (secondary N) is 6. The van der Waals surface area contributed by atoms with E-state index in [2.05, 4.69) is 249 Å². The van der Waals surface area contributed by atoms with Crippen molar-refractivity contribution in [3.05, 3.63) is 226 Å². The number of hydrogen-bond donors (Lipinski definition) is 6. The van der Waals surface area contributed by atoms with Crippen molar-refractivity contribution in [2.75, 3.05) is 11.7 Å². The van der Waals surface area contributed by atoms with Crippen molar-refractivity contribution in [3.8, 4) is 36.0 Å². The zero-order chi connectivity index (χ0) is 73.0. The van der Waals surface area contributed by atoms with Crippen LogP contribution in [-0.4, -0.2) is 64.6 Å². The zero-order valence-electron chi connectivity index (χ0n) is 64.2. The Labute approximate surface area is 660 Å². The summed E-state index contributed by atoms with van der Waals surface area (Å²) in [5, 5.41) is 7.65. The number of unbranched alkanes of at least 4 members (excludes halogenated alkanes) is 10. The second-order valence-electron chi connectivity index (χ2n) is 24.2. The van der Waals surface area contributed by atoms with Gasteiger partial charge in [0.25, 0.3) is 0 Å². The van der Waals surface area contributed by atoms with Gasteiger partial charge in [-0.15, -0.1) is 36.0 Å². The molecule has 2 aliphatic rings. The molecule has 10 heteroatoms. The topological polar surface area (TPSA) is 94.7 Å². The second-order valence-corrected chi connectivity index (χ2v) is 24.2. The van der Waals surface area contributed by atoms with Crippen LogP contribution in [0.1, 0.15) is 217 Å². The van der Waals surface area contributed by atoms with Crippen LogP contribution < -0.4 is 12.4 Å². The van der Waals surface area contributed by atoms with Crippen molar-refractivity contribution in [2.45, 2.75) is 216 Å². The molecule has 6 heterocycles. The normalized spacial score (nSPS) is 11.2. The molecule has 0 radical (unpaired) electrons. The number of aromatic amines is 6. The van der Waals surface area contributed by atoms with E-state index < -0.39 is 0 Å². The number of benzene rings is 6. The van der Waals surface area contributed by atoms with E-state index in [0.717, 1.165) is 31.1 Å². The first kappa shape index (κ1) is 97.3. The molecule has 6 nitrogen and oxygen atoms in total. The predicted octanol–water partition coefficient (Wildman–Crippen LogP) is 26.5. The third kappa shape index (κ3) is 48.3. The van der Waals surface area contributed by atoms with E-state index in [4.69, 9.17) is 6.42 Å². The van der Waals surface area contributed by atoms with Gasteiger partial charge >= 0.3 is 23.1 Å². The van der Waals surface area contributed by atoms with E-state index in [1.54, 1.807) is 0 Å². The maximum atomic E-state index is 4.96. The summed E-state index contributed by atoms with van der Waals surface area (Å²) in [5.74, 6) is 19.8. The summed E-state index contributed by atoms with van der Waals surface area (Å²) in [4.78, 5) is 18.7. The van der Waals surface area contributed by atoms with E-state index in [-0.39, 0.29) is 36.9 Å². The first-order chi connectivity index (χ1) is 49.3. The number of para-hydroxylation sites is 6. The van der Waals surface area contributed by atoms with Crippen molar-refractivity contribution < 1.29 is 13.8 Å². The number of aromatic nitrogens is 6. The van der Waals surface area contributed by atoms with Gasteiger partial charge in [0.1, 0.15) is 0 Å². The van der Waals surface area contributed by atoms with E-state index in [0.29, 0.717) is 0 Å². The maximum absolute atomic E-state index is 4.96. The Morgan fingerprint density at radius 2 is 0.588 bits per heavy atom. The van der Waals surface area contributed by atoms with E-state index in [9.17, 15) is 0 Å². The van der Waals surface area contributed by atoms with Gasteiger partial charge in [-0.1, -0.05) is 305 Å². The fourth-order valence-corrected chi connectivity index (χ4v) is 10.5. The summed E-state index contributed by atoms with van der Waals surface area (Å²) >= 11 is 5.88. The monoisotopic (exact) mass is 1530 g/mol. The van der Waals surface area contributed by atoms with Gasteiger partial charge in [0.15, 0.2) is 0 Å². The van der Waals surface area contributed by atoms with Crippen LogP contribution in [0.4, 0.5) is 0 Å². The molecule has 0 unspecified atom stereocenters. The molecule has 0 saturated heterocycles. The molecule has 12 aromatic rings. The summed E-state index contributed by atoms with van der Waals surface area (Å²) in [7, 11) is 0. The molecule has 0 amide bonds. The van der Waals surface area contributed by atoms with Crippen LogP contribution in [0.25, 0.3) is 65.4 Å². The molecular weight excluding hydrogens is 1410 g/mol. The molecule has 6 aromatic carbocycles. The Hall–Kier alpha value is -6.74. The van der Waals surface area contributed by atoms with Crippen LogP contribution in [0, 0.1) is 54.8 Å². The first-order valence-electron chi connectivity index (χ1n) is 37.2. The minimum Gasteiger partial charge on any atom is -1.00 e. The van der Waals surface area contributed by atoms with Gasteiger partial charge in [-0.25, -0.2) is 0 Å². The van der Waals surface area contributed by atoms with Gasteiger partial charge in [0, 0.05) is 91.0 Å². The average molecular weight is 1540 g/mol. The summed E-state index contributed by atoms with van der Waals surface area (Å²) in [6.45, 7) is 21.1. The Morgan fingerprint density at radius 3 is 0.765 bits per heavy atom. The van der Waals surface area contributed by atoms with Crippen molar-refractivity contribution >= 4 is 120 Å². The number of fused-ring (bicyclic) bond motifs is 6. The first-order valence-corrected chi connectivity index (χ1v) is 40.4. The number of halogens is 3. The minimum absolute atomic E-state index is 0. The van der Waals surface area contributed by atoms with E-state index >= 15 is 0 Å². The molecule has 2 aliphatic carbocycles. The molecule has 14 rings (SSSR count). The molecule has 102 heavy (non-hydrogen) atoms. The molecule has 0 aliphatic heterocycles. The van der Waals surface area contributed by atoms with Crippen molar-refractivity contribution in [1.29, 1.82) is 0 Å². The standard InChI is InChI=1S/6C8H7N.C8H16.C7H13.C7H16.2C7H12.C6H10.2CH3Br.ClH.Mg.H2/c6*1-2-4-8-7(3-1)5-6-9-8;1-2-8-6-4-3-5-7-8;1-7-5-3-2-4-6-7;3*1-3-5-7-6-4-2;1-3-5-6-4-2;2*1-2;;;/h6*1-6,9H;8H,2-7H2,1H3;7H,1-6H2;3-7H2,1-2H3;2*3,5,7H2,1-2H3;1H,4-6H2,2H3;2*1H3;1H;;1H/q;;;;;;;-1;;;;;;;;+2;/p-1. The molecule has 0 atom stereocenters. The number of rotatable bonds is 11. The summed E-state index contributed by atoms with van der Waals surface area (Å²) in [5.41, 5.74) is 7.24. The zero-order valence-corrected chi connectivity index (χ0v) is 69.6. The summed E-state index contributed by atoms with van der Waals surface area (Å²) < 4.78 is 0. The van der Waals surface area contributed by atoms with E-state index in [1.165, 1.54) is 207 Å². The molecular formula is C92H129Br2ClMgN6. The van der Waals surface area contributed by atoms with Crippen molar-refractivity contribution in [2.24, 2.45) is 11.8 Å². The van der Waals surface area contributed by atoms with Gasteiger partial charge in [0.05, 0.1) is 0 Å². The Kier molecular flexibility index (Phi) is 68.0. The summed E-state index contributed by atoms with van der Waals surface area (Å²) in [6, 6.07) is 61.7. The van der Waals surface area contributed by atoms with Gasteiger partial charge in [-0.3, -0.25) is 0 Å². The fourth-order valence-electron chi connectivity index (χ4n) is 10.5. The van der Waals surface area contributed by atoms with Crippen LogP contribution in [0.3, 0.4) is 0 Å². The Bertz CT molecular complexity index is 3170. The predicted molar refractivity (Wildman–Crippen MR) is 465 cm³/mol. The minimum atomic E-state index is 0. The SMILES string of the molecule is C#CCCCC.CBr.CBr.CC#CCCCC.CC#CCCCC.CCC1CCCCC1.CCCCCCC.[CH2-]C1CCCCC1.[Cl-].[HH].[Mg+2].c1ccc2[nH]ccc2c1.c1ccc2[nH]ccc2c1.c1ccc2[nH]ccc2c1.c1ccc2[nH]ccc2c1.c1ccc2[nH]ccc2c1.c1ccc2[nH]ccc2c1. The molecule has 550 valence electrons. The van der Waals surface area contributed by atoms with Gasteiger partial charge < -0.3 is 49.2 Å². The second kappa shape index (κ2) is 71.3. The Morgan fingerprint density at radius 1 is 0.353 bits per heavy atom. The van der Waals surface area contributed by atoms with Crippen LogP contribution in [0.2, 0.25) is 0 Å². The smallest absolute Gasteiger partial charge is 1.00 e. The largest absolute Gasteiger partial charge is 2.00 e. The quantitative estimate of drug-likeness (QED) is 0.0245. The average Bonchev–Trinajstić information content (AvgIpc) is 1.83.